The molecule has 0 saturated heterocycles. The normalized spacial score (nSPS) is 10.0. The van der Waals surface area contributed by atoms with Gasteiger partial charge in [-0.3, -0.25) is 10.4 Å². The Morgan fingerprint density at radius 3 is 2.52 bits per heavy atom. The summed E-state index contributed by atoms with van der Waals surface area (Å²) in [4.78, 5) is 4.22. The molecule has 0 bridgehead atoms. The van der Waals surface area contributed by atoms with Crippen molar-refractivity contribution < 1.29 is 4.74 Å². The Hall–Kier alpha value is -2.88. The predicted molar refractivity (Wildman–Crippen MR) is 96.0 cm³/mol. The van der Waals surface area contributed by atoms with E-state index >= 15 is 0 Å². The van der Waals surface area contributed by atoms with Crippen LogP contribution in [-0.2, 0) is 0 Å². The fourth-order valence-corrected chi connectivity index (χ4v) is 2.06. The first kappa shape index (κ1) is 16.5. The summed E-state index contributed by atoms with van der Waals surface area (Å²) in [6.45, 7) is 13.4. The Morgan fingerprint density at radius 1 is 1.17 bits per heavy atom. The summed E-state index contributed by atoms with van der Waals surface area (Å²) < 4.78 is 5.70. The van der Waals surface area contributed by atoms with E-state index < -0.39 is 0 Å². The molecular formula is C19H21N3O. The van der Waals surface area contributed by atoms with Crippen molar-refractivity contribution in [2.45, 2.75) is 20.8 Å². The molecule has 0 atom stereocenters. The van der Waals surface area contributed by atoms with Gasteiger partial charge in [0.2, 0.25) is 5.90 Å². The van der Waals surface area contributed by atoms with Gasteiger partial charge in [-0.1, -0.05) is 13.2 Å². The van der Waals surface area contributed by atoms with Crippen LogP contribution in [0, 0.1) is 12.3 Å². The number of nitrogens with one attached hydrogen (secondary N) is 2. The lowest BCUT2D eigenvalue weighted by Crippen LogP contribution is -2.10. The number of aromatic nitrogens is 1. The third-order valence-electron chi connectivity index (χ3n) is 3.20. The minimum Gasteiger partial charge on any atom is -0.439 e. The standard InChI is InChI=1S/C19H21N3O/c1-12(2)17-11-15(8-9-21-17)19(20)23-18-7-6-16(10-14(18)5)22-13(3)4/h6-11,20,22H,1,3H2,2,4-5H3. The Balaban J connectivity index is 2.18. The summed E-state index contributed by atoms with van der Waals surface area (Å²) in [5.74, 6) is 0.731. The van der Waals surface area contributed by atoms with Crippen LogP contribution in [0.2, 0.25) is 0 Å². The van der Waals surface area contributed by atoms with E-state index in [9.17, 15) is 0 Å². The Bertz CT molecular complexity index is 778. The molecule has 2 N–H and O–H groups in total. The molecule has 1 heterocycles. The van der Waals surface area contributed by atoms with Gasteiger partial charge in [0.1, 0.15) is 5.75 Å². The van der Waals surface area contributed by atoms with Crippen LogP contribution >= 0.6 is 0 Å². The number of rotatable bonds is 5. The van der Waals surface area contributed by atoms with Gasteiger partial charge >= 0.3 is 0 Å². The highest BCUT2D eigenvalue weighted by Crippen LogP contribution is 2.24. The van der Waals surface area contributed by atoms with Crippen LogP contribution in [0.3, 0.4) is 0 Å². The number of benzene rings is 1. The average molecular weight is 307 g/mol. The largest absolute Gasteiger partial charge is 0.439 e. The minimum absolute atomic E-state index is 0.0820. The van der Waals surface area contributed by atoms with Crippen LogP contribution in [0.25, 0.3) is 5.57 Å². The summed E-state index contributed by atoms with van der Waals surface area (Å²) in [6, 6.07) is 9.26. The van der Waals surface area contributed by atoms with E-state index in [4.69, 9.17) is 10.1 Å². The zero-order valence-corrected chi connectivity index (χ0v) is 13.7. The summed E-state index contributed by atoms with van der Waals surface area (Å²) >= 11 is 0. The van der Waals surface area contributed by atoms with Crippen LogP contribution in [0.5, 0.6) is 5.75 Å². The predicted octanol–water partition coefficient (Wildman–Crippen LogP) is 4.77. The van der Waals surface area contributed by atoms with Crippen molar-refractivity contribution in [3.05, 3.63) is 72.2 Å². The van der Waals surface area contributed by atoms with Crippen molar-refractivity contribution >= 4 is 17.2 Å². The fraction of sp³-hybridized carbons (Fsp3) is 0.158. The highest BCUT2D eigenvalue weighted by atomic mass is 16.5. The maximum Gasteiger partial charge on any atom is 0.219 e. The van der Waals surface area contributed by atoms with Gasteiger partial charge < -0.3 is 10.1 Å². The zero-order chi connectivity index (χ0) is 17.0. The van der Waals surface area contributed by atoms with Crippen LogP contribution in [0.1, 0.15) is 30.7 Å². The molecule has 0 aliphatic rings. The smallest absolute Gasteiger partial charge is 0.219 e. The number of ether oxygens (including phenoxy) is 1. The summed E-state index contributed by atoms with van der Waals surface area (Å²) in [7, 11) is 0. The summed E-state index contributed by atoms with van der Waals surface area (Å²) in [5, 5.41) is 11.3. The third kappa shape index (κ3) is 4.30. The van der Waals surface area contributed by atoms with Crippen molar-refractivity contribution in [1.29, 1.82) is 5.41 Å². The molecular weight excluding hydrogens is 286 g/mol. The van der Waals surface area contributed by atoms with Gasteiger partial charge in [-0.15, -0.1) is 0 Å². The average Bonchev–Trinajstić information content (AvgIpc) is 2.49. The number of anilines is 1. The first-order valence-electron chi connectivity index (χ1n) is 7.28. The number of hydrogen-bond acceptors (Lipinski definition) is 4. The van der Waals surface area contributed by atoms with Gasteiger partial charge in [-0.2, -0.15) is 0 Å². The van der Waals surface area contributed by atoms with E-state index in [-0.39, 0.29) is 5.90 Å². The molecule has 0 aliphatic carbocycles. The lowest BCUT2D eigenvalue weighted by molar-refractivity contribution is 0.543. The molecule has 118 valence electrons. The second kappa shape index (κ2) is 6.92. The van der Waals surface area contributed by atoms with Crippen molar-refractivity contribution in [3.8, 4) is 5.75 Å². The van der Waals surface area contributed by atoms with E-state index in [0.717, 1.165) is 28.2 Å². The number of pyridine rings is 1. The molecule has 1 aromatic carbocycles. The lowest BCUT2D eigenvalue weighted by Gasteiger charge is -2.12. The van der Waals surface area contributed by atoms with Crippen molar-refractivity contribution in [2.24, 2.45) is 0 Å². The van der Waals surface area contributed by atoms with Gasteiger partial charge in [-0.25, -0.2) is 0 Å². The number of aryl methyl sites for hydroxylation is 1. The first-order chi connectivity index (χ1) is 10.9. The monoisotopic (exact) mass is 307 g/mol. The molecule has 0 amide bonds. The molecule has 0 spiro atoms. The summed E-state index contributed by atoms with van der Waals surface area (Å²) in [5.41, 5.74) is 5.04. The summed E-state index contributed by atoms with van der Waals surface area (Å²) in [6.07, 6.45) is 1.66. The highest BCUT2D eigenvalue weighted by Gasteiger charge is 2.09. The number of allylic oxidation sites excluding steroid dienone is 2. The van der Waals surface area contributed by atoms with Gasteiger partial charge in [-0.05, 0) is 62.2 Å². The van der Waals surface area contributed by atoms with Gasteiger partial charge in [0.15, 0.2) is 0 Å². The Labute approximate surface area is 137 Å². The minimum atomic E-state index is 0.0820. The third-order valence-corrected chi connectivity index (χ3v) is 3.20. The van der Waals surface area contributed by atoms with Crippen molar-refractivity contribution in [2.75, 3.05) is 5.32 Å². The molecule has 2 rings (SSSR count). The Kier molecular flexibility index (Phi) is 4.96. The SMILES string of the molecule is C=C(C)Nc1ccc(OC(=N)c2ccnc(C(=C)C)c2)c(C)c1. The molecule has 2 aromatic rings. The number of hydrogen-bond donors (Lipinski definition) is 2. The zero-order valence-electron chi connectivity index (χ0n) is 13.7. The van der Waals surface area contributed by atoms with E-state index in [1.165, 1.54) is 0 Å². The van der Waals surface area contributed by atoms with Gasteiger partial charge in [0.05, 0.1) is 5.69 Å². The van der Waals surface area contributed by atoms with Crippen LogP contribution in [0.4, 0.5) is 5.69 Å². The number of nitrogens with zero attached hydrogens (tertiary/aromatic N) is 1. The second-order valence-corrected chi connectivity index (χ2v) is 5.53. The van der Waals surface area contributed by atoms with E-state index in [1.54, 1.807) is 18.3 Å². The fourth-order valence-electron chi connectivity index (χ4n) is 2.06. The van der Waals surface area contributed by atoms with Crippen LogP contribution in [0.15, 0.2) is 55.4 Å². The molecule has 4 nitrogen and oxygen atoms in total. The van der Waals surface area contributed by atoms with Crippen LogP contribution < -0.4 is 10.1 Å². The molecule has 23 heavy (non-hydrogen) atoms. The Morgan fingerprint density at radius 2 is 1.91 bits per heavy atom. The van der Waals surface area contributed by atoms with Gasteiger partial charge in [0.25, 0.3) is 0 Å². The van der Waals surface area contributed by atoms with E-state index in [2.05, 4.69) is 23.5 Å². The molecule has 0 radical (unpaired) electrons. The first-order valence-corrected chi connectivity index (χ1v) is 7.28. The van der Waals surface area contributed by atoms with Crippen molar-refractivity contribution in [1.82, 2.24) is 4.98 Å². The maximum atomic E-state index is 8.16. The van der Waals surface area contributed by atoms with E-state index in [1.807, 2.05) is 39.0 Å². The highest BCUT2D eigenvalue weighted by molar-refractivity contribution is 5.93. The van der Waals surface area contributed by atoms with Gasteiger partial charge in [0, 0.05) is 23.1 Å². The maximum absolute atomic E-state index is 8.16. The lowest BCUT2D eigenvalue weighted by atomic mass is 10.1. The van der Waals surface area contributed by atoms with Crippen LogP contribution in [-0.4, -0.2) is 10.9 Å². The molecule has 1 aromatic heterocycles. The van der Waals surface area contributed by atoms with E-state index in [0.29, 0.717) is 11.3 Å². The molecule has 4 heteroatoms. The molecule has 0 fully saturated rings. The second-order valence-electron chi connectivity index (χ2n) is 5.53. The van der Waals surface area contributed by atoms with Crippen molar-refractivity contribution in [3.63, 3.8) is 0 Å². The molecule has 0 aliphatic heterocycles. The topological polar surface area (TPSA) is 58.0 Å². The molecule has 0 saturated carbocycles. The quantitative estimate of drug-likeness (QED) is 0.617. The molecule has 0 unspecified atom stereocenters.